The lowest BCUT2D eigenvalue weighted by Crippen LogP contribution is -2.01. The molecule has 0 amide bonds. The number of alkyl halides is 2. The number of carbonyl (C=O) groups is 1. The summed E-state index contributed by atoms with van der Waals surface area (Å²) in [7, 11) is 0. The minimum atomic E-state index is -2.80. The maximum Gasteiger partial charge on any atom is 0.387 e. The van der Waals surface area contributed by atoms with Crippen LogP contribution in [0.15, 0.2) is 24.3 Å². The van der Waals surface area contributed by atoms with Crippen molar-refractivity contribution in [2.45, 2.75) is 19.5 Å². The number of benzene rings is 1. The predicted octanol–water partition coefficient (Wildman–Crippen LogP) is 2.42. The quantitative estimate of drug-likeness (QED) is 0.682. The van der Waals surface area contributed by atoms with Crippen molar-refractivity contribution >= 4 is 6.29 Å². The van der Waals surface area contributed by atoms with Crippen LogP contribution >= 0.6 is 0 Å². The van der Waals surface area contributed by atoms with E-state index in [-0.39, 0.29) is 5.75 Å². The lowest BCUT2D eigenvalue weighted by Gasteiger charge is -2.04. The highest BCUT2D eigenvalue weighted by Crippen LogP contribution is 2.15. The summed E-state index contributed by atoms with van der Waals surface area (Å²) >= 11 is 0. The molecule has 0 aliphatic heterocycles. The Bertz CT molecular complexity index is 283. The molecule has 0 saturated carbocycles. The number of rotatable bonds is 5. The highest BCUT2D eigenvalue weighted by molar-refractivity contribution is 5.50. The van der Waals surface area contributed by atoms with Crippen molar-refractivity contribution in [1.29, 1.82) is 0 Å². The highest BCUT2D eigenvalue weighted by Gasteiger charge is 2.03. The molecule has 0 saturated heterocycles. The normalized spacial score (nSPS) is 10.2. The molecule has 0 bridgehead atoms. The van der Waals surface area contributed by atoms with Crippen molar-refractivity contribution in [2.24, 2.45) is 0 Å². The summed E-state index contributed by atoms with van der Waals surface area (Å²) in [5.41, 5.74) is 0.929. The fourth-order valence-electron chi connectivity index (χ4n) is 1.06. The van der Waals surface area contributed by atoms with Crippen LogP contribution in [-0.4, -0.2) is 12.9 Å². The summed E-state index contributed by atoms with van der Waals surface area (Å²) in [6.45, 7) is -2.80. The van der Waals surface area contributed by atoms with Gasteiger partial charge < -0.3 is 9.53 Å². The first-order valence-electron chi connectivity index (χ1n) is 4.20. The van der Waals surface area contributed by atoms with Gasteiger partial charge in [0.2, 0.25) is 0 Å². The zero-order valence-electron chi connectivity index (χ0n) is 7.45. The second-order valence-electron chi connectivity index (χ2n) is 2.73. The van der Waals surface area contributed by atoms with Crippen molar-refractivity contribution in [1.82, 2.24) is 0 Å². The second kappa shape index (κ2) is 5.32. The summed E-state index contributed by atoms with van der Waals surface area (Å²) in [4.78, 5) is 10.1. The number of aldehydes is 1. The minimum Gasteiger partial charge on any atom is -0.435 e. The Balaban J connectivity index is 2.54. The molecule has 1 aromatic rings. The van der Waals surface area contributed by atoms with E-state index in [1.807, 2.05) is 0 Å². The molecule has 4 heteroatoms. The molecule has 0 N–H and O–H groups in total. The fourth-order valence-corrected chi connectivity index (χ4v) is 1.06. The van der Waals surface area contributed by atoms with Gasteiger partial charge in [0.05, 0.1) is 0 Å². The first-order valence-corrected chi connectivity index (χ1v) is 4.20. The Labute approximate surface area is 80.5 Å². The maximum absolute atomic E-state index is 11.8. The van der Waals surface area contributed by atoms with Crippen LogP contribution in [0.25, 0.3) is 0 Å². The molecule has 0 aliphatic rings. The molecule has 0 aliphatic carbocycles. The van der Waals surface area contributed by atoms with E-state index < -0.39 is 6.61 Å². The van der Waals surface area contributed by atoms with E-state index in [9.17, 15) is 13.6 Å². The standard InChI is InChI=1S/C10H10F2O2/c11-10(12)14-9-5-3-8(4-6-9)2-1-7-13/h3-7,10H,1-2H2. The van der Waals surface area contributed by atoms with Crippen molar-refractivity contribution in [3.05, 3.63) is 29.8 Å². The molecule has 0 radical (unpaired) electrons. The molecule has 0 aromatic heterocycles. The summed E-state index contributed by atoms with van der Waals surface area (Å²) in [5, 5.41) is 0. The van der Waals surface area contributed by atoms with E-state index in [2.05, 4.69) is 4.74 Å². The molecule has 1 aromatic carbocycles. The van der Waals surface area contributed by atoms with E-state index in [1.54, 1.807) is 12.1 Å². The molecule has 0 heterocycles. The third-order valence-corrected chi connectivity index (χ3v) is 1.70. The Kier molecular flexibility index (Phi) is 4.04. The Morgan fingerprint density at radius 2 is 1.93 bits per heavy atom. The number of hydrogen-bond acceptors (Lipinski definition) is 2. The monoisotopic (exact) mass is 200 g/mol. The van der Waals surface area contributed by atoms with Gasteiger partial charge >= 0.3 is 6.61 Å². The van der Waals surface area contributed by atoms with Crippen molar-refractivity contribution in [2.75, 3.05) is 0 Å². The van der Waals surface area contributed by atoms with Crippen LogP contribution in [-0.2, 0) is 11.2 Å². The van der Waals surface area contributed by atoms with Gasteiger partial charge in [0.15, 0.2) is 0 Å². The molecule has 0 unspecified atom stereocenters. The number of hydrogen-bond donors (Lipinski definition) is 0. The molecule has 1 rings (SSSR count). The molecular formula is C10H10F2O2. The van der Waals surface area contributed by atoms with Gasteiger partial charge in [0.1, 0.15) is 12.0 Å². The molecule has 76 valence electrons. The van der Waals surface area contributed by atoms with E-state index in [0.29, 0.717) is 12.8 Å². The summed E-state index contributed by atoms with van der Waals surface area (Å²) in [6.07, 6.45) is 1.89. The summed E-state index contributed by atoms with van der Waals surface area (Å²) in [6, 6.07) is 6.26. The van der Waals surface area contributed by atoms with Gasteiger partial charge in [-0.05, 0) is 24.1 Å². The predicted molar refractivity (Wildman–Crippen MR) is 47.5 cm³/mol. The van der Waals surface area contributed by atoms with Crippen molar-refractivity contribution in [3.8, 4) is 5.75 Å². The summed E-state index contributed by atoms with van der Waals surface area (Å²) in [5.74, 6) is 0.134. The van der Waals surface area contributed by atoms with Gasteiger partial charge in [-0.25, -0.2) is 0 Å². The molecule has 14 heavy (non-hydrogen) atoms. The lowest BCUT2D eigenvalue weighted by atomic mass is 10.1. The first kappa shape index (κ1) is 10.6. The van der Waals surface area contributed by atoms with Gasteiger partial charge in [-0.3, -0.25) is 0 Å². The first-order chi connectivity index (χ1) is 6.72. The average Bonchev–Trinajstić information content (AvgIpc) is 2.16. The van der Waals surface area contributed by atoms with Crippen molar-refractivity contribution < 1.29 is 18.3 Å². The SMILES string of the molecule is O=CCCc1ccc(OC(F)F)cc1. The van der Waals surface area contributed by atoms with E-state index in [4.69, 9.17) is 0 Å². The van der Waals surface area contributed by atoms with Gasteiger partial charge in [-0.2, -0.15) is 8.78 Å². The molecule has 0 spiro atoms. The molecule has 0 fully saturated rings. The van der Waals surface area contributed by atoms with Crippen LogP contribution in [0.5, 0.6) is 5.75 Å². The largest absolute Gasteiger partial charge is 0.435 e. The summed E-state index contributed by atoms with van der Waals surface area (Å²) < 4.78 is 27.7. The van der Waals surface area contributed by atoms with Crippen LogP contribution < -0.4 is 4.74 Å². The Hall–Kier alpha value is -1.45. The fraction of sp³-hybridized carbons (Fsp3) is 0.300. The lowest BCUT2D eigenvalue weighted by molar-refractivity contribution is -0.107. The number of aryl methyl sites for hydroxylation is 1. The van der Waals surface area contributed by atoms with Gasteiger partial charge in [0, 0.05) is 6.42 Å². The Morgan fingerprint density at radius 1 is 1.29 bits per heavy atom. The second-order valence-corrected chi connectivity index (χ2v) is 2.73. The topological polar surface area (TPSA) is 26.3 Å². The third-order valence-electron chi connectivity index (χ3n) is 1.70. The Morgan fingerprint density at radius 3 is 2.43 bits per heavy atom. The minimum absolute atomic E-state index is 0.134. The van der Waals surface area contributed by atoms with Crippen LogP contribution in [0, 0.1) is 0 Å². The zero-order chi connectivity index (χ0) is 10.4. The average molecular weight is 200 g/mol. The van der Waals surface area contributed by atoms with Crippen LogP contribution in [0.2, 0.25) is 0 Å². The van der Waals surface area contributed by atoms with E-state index in [0.717, 1.165) is 11.8 Å². The van der Waals surface area contributed by atoms with Crippen molar-refractivity contribution in [3.63, 3.8) is 0 Å². The van der Waals surface area contributed by atoms with Crippen LogP contribution in [0.1, 0.15) is 12.0 Å². The van der Waals surface area contributed by atoms with E-state index in [1.165, 1.54) is 12.1 Å². The van der Waals surface area contributed by atoms with Crippen LogP contribution in [0.4, 0.5) is 8.78 Å². The maximum atomic E-state index is 11.8. The van der Waals surface area contributed by atoms with E-state index >= 15 is 0 Å². The molecule has 2 nitrogen and oxygen atoms in total. The number of halogens is 2. The smallest absolute Gasteiger partial charge is 0.387 e. The van der Waals surface area contributed by atoms with Gasteiger partial charge in [0.25, 0.3) is 0 Å². The van der Waals surface area contributed by atoms with Crippen LogP contribution in [0.3, 0.4) is 0 Å². The number of ether oxygens (including phenoxy) is 1. The number of carbonyl (C=O) groups excluding carboxylic acids is 1. The zero-order valence-corrected chi connectivity index (χ0v) is 7.45. The third kappa shape index (κ3) is 3.51. The van der Waals surface area contributed by atoms with Gasteiger partial charge in [-0.1, -0.05) is 12.1 Å². The highest BCUT2D eigenvalue weighted by atomic mass is 19.3. The van der Waals surface area contributed by atoms with Gasteiger partial charge in [-0.15, -0.1) is 0 Å². The molecular weight excluding hydrogens is 190 g/mol. The molecule has 0 atom stereocenters.